The van der Waals surface area contributed by atoms with E-state index in [4.69, 9.17) is 4.74 Å². The molecular weight excluding hydrogens is 430 g/mol. The Labute approximate surface area is 169 Å². The predicted molar refractivity (Wildman–Crippen MR) is 109 cm³/mol. The van der Waals surface area contributed by atoms with Crippen LogP contribution in [0, 0.1) is 6.92 Å². The van der Waals surface area contributed by atoms with Gasteiger partial charge < -0.3 is 10.1 Å². The van der Waals surface area contributed by atoms with Crippen molar-refractivity contribution in [3.8, 4) is 11.4 Å². The van der Waals surface area contributed by atoms with Crippen LogP contribution in [0.3, 0.4) is 0 Å². The summed E-state index contributed by atoms with van der Waals surface area (Å²) in [4.78, 5) is 12.5. The predicted octanol–water partition coefficient (Wildman–Crippen LogP) is 3.86. The molecule has 1 unspecified atom stereocenters. The van der Waals surface area contributed by atoms with Crippen molar-refractivity contribution in [2.45, 2.75) is 24.3 Å². The summed E-state index contributed by atoms with van der Waals surface area (Å²) in [5.41, 5.74) is 2.50. The quantitative estimate of drug-likeness (QED) is 0.577. The molecule has 1 heterocycles. The monoisotopic (exact) mass is 447 g/mol. The van der Waals surface area contributed by atoms with Crippen LogP contribution in [0.15, 0.2) is 52.1 Å². The normalized spacial score (nSPS) is 11.9. The Morgan fingerprint density at radius 2 is 2.11 bits per heavy atom. The average Bonchev–Trinajstić information content (AvgIpc) is 3.09. The van der Waals surface area contributed by atoms with Crippen molar-refractivity contribution in [1.29, 1.82) is 0 Å². The summed E-state index contributed by atoms with van der Waals surface area (Å²) in [6, 6.07) is 13.2. The van der Waals surface area contributed by atoms with Gasteiger partial charge in [0, 0.05) is 10.2 Å². The first-order chi connectivity index (χ1) is 13.0. The topological polar surface area (TPSA) is 81.9 Å². The molecule has 27 heavy (non-hydrogen) atoms. The molecule has 0 aliphatic carbocycles. The van der Waals surface area contributed by atoms with Crippen LogP contribution in [0.4, 0.5) is 5.69 Å². The molecule has 1 N–H and O–H groups in total. The molecule has 1 amide bonds. The maximum atomic E-state index is 12.5. The highest BCUT2D eigenvalue weighted by molar-refractivity contribution is 9.10. The molecule has 9 heteroatoms. The highest BCUT2D eigenvalue weighted by Crippen LogP contribution is 2.29. The van der Waals surface area contributed by atoms with Crippen LogP contribution in [-0.4, -0.2) is 38.5 Å². The fraction of sp³-hybridized carbons (Fsp3) is 0.222. The minimum Gasteiger partial charge on any atom is -0.494 e. The lowest BCUT2D eigenvalue weighted by Crippen LogP contribution is -2.23. The minimum absolute atomic E-state index is 0.135. The van der Waals surface area contributed by atoms with Crippen LogP contribution in [0.1, 0.15) is 12.5 Å². The maximum Gasteiger partial charge on any atom is 0.237 e. The third-order valence-corrected chi connectivity index (χ3v) is 5.27. The van der Waals surface area contributed by atoms with E-state index in [0.717, 1.165) is 21.4 Å². The van der Waals surface area contributed by atoms with Crippen LogP contribution in [0.5, 0.6) is 5.75 Å². The van der Waals surface area contributed by atoms with E-state index in [0.29, 0.717) is 10.9 Å². The first kappa shape index (κ1) is 19.4. The lowest BCUT2D eigenvalue weighted by Gasteiger charge is -2.13. The van der Waals surface area contributed by atoms with E-state index >= 15 is 0 Å². The van der Waals surface area contributed by atoms with Crippen molar-refractivity contribution >= 4 is 39.3 Å². The van der Waals surface area contributed by atoms with Crippen molar-refractivity contribution in [3.05, 3.63) is 52.5 Å². The summed E-state index contributed by atoms with van der Waals surface area (Å²) >= 11 is 4.67. The fourth-order valence-corrected chi connectivity index (χ4v) is 3.59. The van der Waals surface area contributed by atoms with Crippen LogP contribution in [-0.2, 0) is 4.79 Å². The number of benzene rings is 2. The molecular formula is C18H18BrN5O2S. The number of hydrogen-bond donors (Lipinski definition) is 1. The molecule has 0 spiro atoms. The number of carbonyl (C=O) groups excluding carboxylic acids is 1. The van der Waals surface area contributed by atoms with Gasteiger partial charge in [-0.15, -0.1) is 5.10 Å². The second-order valence-electron chi connectivity index (χ2n) is 5.81. The lowest BCUT2D eigenvalue weighted by molar-refractivity contribution is -0.115. The molecule has 0 fully saturated rings. The number of nitrogens with zero attached hydrogens (tertiary/aromatic N) is 4. The van der Waals surface area contributed by atoms with Gasteiger partial charge in [-0.2, -0.15) is 4.68 Å². The number of aryl methyl sites for hydroxylation is 1. The third kappa shape index (κ3) is 4.67. The Balaban J connectivity index is 1.78. The molecule has 0 aliphatic heterocycles. The largest absolute Gasteiger partial charge is 0.494 e. The van der Waals surface area contributed by atoms with Crippen molar-refractivity contribution in [3.63, 3.8) is 0 Å². The van der Waals surface area contributed by atoms with Crippen LogP contribution in [0.25, 0.3) is 5.69 Å². The minimum atomic E-state index is -0.399. The van der Waals surface area contributed by atoms with Gasteiger partial charge in [-0.1, -0.05) is 39.8 Å². The van der Waals surface area contributed by atoms with E-state index in [1.165, 1.54) is 11.8 Å². The van der Waals surface area contributed by atoms with Gasteiger partial charge >= 0.3 is 0 Å². The fourth-order valence-electron chi connectivity index (χ4n) is 2.39. The van der Waals surface area contributed by atoms with Gasteiger partial charge in [0.05, 0.1) is 12.4 Å². The Morgan fingerprint density at radius 1 is 1.30 bits per heavy atom. The summed E-state index contributed by atoms with van der Waals surface area (Å²) in [7, 11) is 1.60. The molecule has 1 aromatic heterocycles. The van der Waals surface area contributed by atoms with Crippen molar-refractivity contribution in [2.75, 3.05) is 12.4 Å². The van der Waals surface area contributed by atoms with Gasteiger partial charge in [0.25, 0.3) is 0 Å². The molecule has 1 atom stereocenters. The molecule has 0 aliphatic rings. The van der Waals surface area contributed by atoms with Crippen LogP contribution in [0.2, 0.25) is 0 Å². The zero-order valence-electron chi connectivity index (χ0n) is 15.0. The second-order valence-corrected chi connectivity index (χ2v) is 8.03. The van der Waals surface area contributed by atoms with Crippen molar-refractivity contribution < 1.29 is 9.53 Å². The van der Waals surface area contributed by atoms with E-state index in [2.05, 4.69) is 36.8 Å². The summed E-state index contributed by atoms with van der Waals surface area (Å²) in [6.45, 7) is 3.79. The van der Waals surface area contributed by atoms with Crippen molar-refractivity contribution in [1.82, 2.24) is 20.2 Å². The number of thioether (sulfide) groups is 1. The summed E-state index contributed by atoms with van der Waals surface area (Å²) in [6.07, 6.45) is 0. The van der Waals surface area contributed by atoms with E-state index in [-0.39, 0.29) is 5.91 Å². The van der Waals surface area contributed by atoms with Gasteiger partial charge in [-0.3, -0.25) is 4.79 Å². The Hall–Kier alpha value is -2.39. The first-order valence-electron chi connectivity index (χ1n) is 8.14. The Morgan fingerprint density at radius 3 is 2.85 bits per heavy atom. The summed E-state index contributed by atoms with van der Waals surface area (Å²) < 4.78 is 7.89. The zero-order valence-corrected chi connectivity index (χ0v) is 17.4. The van der Waals surface area contributed by atoms with Crippen molar-refractivity contribution in [2.24, 2.45) is 0 Å². The SMILES string of the molecule is COc1ccc(C)cc1-n1nnnc1SC(C)C(=O)Nc1cccc(Br)c1. The first-order valence-corrected chi connectivity index (χ1v) is 9.81. The maximum absolute atomic E-state index is 12.5. The standard InChI is InChI=1S/C18H18BrN5O2S/c1-11-7-8-16(26-3)15(9-11)24-18(21-22-23-24)27-12(2)17(25)20-14-6-4-5-13(19)10-14/h4-10,12H,1-3H3,(H,20,25). The smallest absolute Gasteiger partial charge is 0.237 e. The van der Waals surface area contributed by atoms with Crippen LogP contribution < -0.4 is 10.1 Å². The third-order valence-electron chi connectivity index (χ3n) is 3.75. The zero-order chi connectivity index (χ0) is 19.4. The molecule has 0 radical (unpaired) electrons. The molecule has 7 nitrogen and oxygen atoms in total. The summed E-state index contributed by atoms with van der Waals surface area (Å²) in [5, 5.41) is 14.9. The number of methoxy groups -OCH3 is 1. The molecule has 3 rings (SSSR count). The number of rotatable bonds is 6. The number of halogens is 1. The second kappa shape index (κ2) is 8.53. The number of anilines is 1. The number of hydrogen-bond acceptors (Lipinski definition) is 6. The lowest BCUT2D eigenvalue weighted by atomic mass is 10.2. The number of ether oxygens (including phenoxy) is 1. The van der Waals surface area contributed by atoms with Gasteiger partial charge in [-0.25, -0.2) is 0 Å². The molecule has 140 valence electrons. The molecule has 3 aromatic rings. The Bertz CT molecular complexity index is 962. The number of amides is 1. The van der Waals surface area contributed by atoms with Crippen LogP contribution >= 0.6 is 27.7 Å². The number of carbonyl (C=O) groups is 1. The van der Waals surface area contributed by atoms with Gasteiger partial charge in [0.15, 0.2) is 0 Å². The van der Waals surface area contributed by atoms with E-state index in [1.807, 2.05) is 56.3 Å². The molecule has 0 saturated heterocycles. The van der Waals surface area contributed by atoms with E-state index in [9.17, 15) is 4.79 Å². The average molecular weight is 448 g/mol. The summed E-state index contributed by atoms with van der Waals surface area (Å²) in [5.74, 6) is 0.518. The highest BCUT2D eigenvalue weighted by atomic mass is 79.9. The van der Waals surface area contributed by atoms with Gasteiger partial charge in [-0.05, 0) is 60.2 Å². The highest BCUT2D eigenvalue weighted by Gasteiger charge is 2.21. The Kier molecular flexibility index (Phi) is 6.12. The number of aromatic nitrogens is 4. The van der Waals surface area contributed by atoms with Gasteiger partial charge in [0.2, 0.25) is 11.1 Å². The van der Waals surface area contributed by atoms with E-state index < -0.39 is 5.25 Å². The molecule has 2 aromatic carbocycles. The van der Waals surface area contributed by atoms with Gasteiger partial charge in [0.1, 0.15) is 11.4 Å². The molecule has 0 saturated carbocycles. The number of nitrogens with one attached hydrogen (secondary N) is 1. The molecule has 0 bridgehead atoms. The van der Waals surface area contributed by atoms with E-state index in [1.54, 1.807) is 11.8 Å². The number of tetrazole rings is 1.